The van der Waals surface area contributed by atoms with Crippen LogP contribution in [-0.4, -0.2) is 18.8 Å². The van der Waals surface area contributed by atoms with Gasteiger partial charge >= 0.3 is 12.1 Å². The van der Waals surface area contributed by atoms with Crippen LogP contribution in [0.4, 0.5) is 13.2 Å². The van der Waals surface area contributed by atoms with Crippen LogP contribution in [0.25, 0.3) is 0 Å². The molecule has 3 nitrogen and oxygen atoms in total. The molecule has 212 valence electrons. The van der Waals surface area contributed by atoms with Crippen LogP contribution in [0.2, 0.25) is 0 Å². The highest BCUT2D eigenvalue weighted by molar-refractivity contribution is 8.30. The molecule has 0 amide bonds. The predicted octanol–water partition coefficient (Wildman–Crippen LogP) is 10.3. The van der Waals surface area contributed by atoms with Gasteiger partial charge in [0, 0.05) is 14.7 Å². The lowest BCUT2D eigenvalue weighted by Gasteiger charge is -2.39. The van der Waals surface area contributed by atoms with Crippen molar-refractivity contribution in [2.24, 2.45) is 0 Å². The van der Waals surface area contributed by atoms with Gasteiger partial charge in [-0.15, -0.1) is 0 Å². The number of rotatable bonds is 16. The number of unbranched alkanes of at least 4 members (excludes halogenated alkanes) is 9. The summed E-state index contributed by atoms with van der Waals surface area (Å²) in [5.41, 5.74) is 0. The van der Waals surface area contributed by atoms with Gasteiger partial charge in [0.1, 0.15) is 5.75 Å². The van der Waals surface area contributed by atoms with Crippen molar-refractivity contribution in [3.8, 4) is 5.75 Å². The molecule has 39 heavy (non-hydrogen) atoms. The number of hydrogen-bond donors (Lipinski definition) is 0. The van der Waals surface area contributed by atoms with E-state index in [1.165, 1.54) is 51.4 Å². The van der Waals surface area contributed by atoms with Crippen molar-refractivity contribution in [2.45, 2.75) is 92.0 Å². The average Bonchev–Trinajstić information content (AvgIpc) is 2.95. The normalized spacial score (nSPS) is 12.2. The number of alkyl halides is 3. The summed E-state index contributed by atoms with van der Waals surface area (Å²) >= 11 is 0. The number of halogens is 3. The van der Waals surface area contributed by atoms with Crippen molar-refractivity contribution in [1.29, 1.82) is 0 Å². The molecular formula is C32H39F3O3S. The van der Waals surface area contributed by atoms with E-state index in [1.54, 1.807) is 84.9 Å². The number of carbonyl (C=O) groups excluding carboxylic acids is 1. The third-order valence-corrected chi connectivity index (χ3v) is 9.71. The third kappa shape index (κ3) is 9.06. The van der Waals surface area contributed by atoms with E-state index in [0.29, 0.717) is 27.0 Å². The molecule has 0 aliphatic heterocycles. The standard InChI is InChI=1S/C32H39F3O3S/c1-2-3-4-5-6-7-8-9-10-17-26-37-27-22-24-30(25-23-27)39(28-18-13-11-14-19-28,29-20-15-12-16-21-29)38-31(36)32(33,34)35/h11-16,18-25H,2-10,17,26H2,1H3. The third-order valence-electron chi connectivity index (χ3n) is 6.50. The van der Waals surface area contributed by atoms with Gasteiger partial charge in [-0.05, 0) is 65.3 Å². The van der Waals surface area contributed by atoms with E-state index in [-0.39, 0.29) is 0 Å². The Morgan fingerprint density at radius 2 is 1.08 bits per heavy atom. The highest BCUT2D eigenvalue weighted by atomic mass is 32.3. The number of carbonyl (C=O) groups is 1. The first-order valence-corrected chi connectivity index (χ1v) is 15.4. The van der Waals surface area contributed by atoms with Gasteiger partial charge < -0.3 is 8.92 Å². The minimum atomic E-state index is -5.13. The van der Waals surface area contributed by atoms with Crippen LogP contribution in [0.3, 0.4) is 0 Å². The summed E-state index contributed by atoms with van der Waals surface area (Å²) in [6.07, 6.45) is 7.26. The lowest BCUT2D eigenvalue weighted by molar-refractivity contribution is -0.188. The van der Waals surface area contributed by atoms with Crippen LogP contribution in [0.5, 0.6) is 5.75 Å². The van der Waals surface area contributed by atoms with E-state index >= 15 is 0 Å². The van der Waals surface area contributed by atoms with Gasteiger partial charge in [-0.3, -0.25) is 0 Å². The van der Waals surface area contributed by atoms with Crippen molar-refractivity contribution in [2.75, 3.05) is 6.61 Å². The predicted molar refractivity (Wildman–Crippen MR) is 151 cm³/mol. The van der Waals surface area contributed by atoms with E-state index in [9.17, 15) is 18.0 Å². The van der Waals surface area contributed by atoms with Crippen LogP contribution >= 0.6 is 10.3 Å². The van der Waals surface area contributed by atoms with Gasteiger partial charge in [0.05, 0.1) is 6.61 Å². The molecule has 0 aromatic heterocycles. The molecule has 0 spiro atoms. The Labute approximate surface area is 232 Å². The quantitative estimate of drug-likeness (QED) is 0.164. The maximum Gasteiger partial charge on any atom is 0.491 e. The van der Waals surface area contributed by atoms with Crippen molar-refractivity contribution >= 4 is 16.3 Å². The average molecular weight is 561 g/mol. The molecule has 7 heteroatoms. The van der Waals surface area contributed by atoms with Crippen LogP contribution in [0.1, 0.15) is 71.1 Å². The zero-order chi connectivity index (χ0) is 28.0. The topological polar surface area (TPSA) is 35.5 Å². The fraction of sp³-hybridized carbons (Fsp3) is 0.406. The highest BCUT2D eigenvalue weighted by Crippen LogP contribution is 2.69. The SMILES string of the molecule is CCCCCCCCCCCCOc1ccc(S(OC(=O)C(F)(F)F)(c2ccccc2)c2ccccc2)cc1. The van der Waals surface area contributed by atoms with Crippen LogP contribution in [-0.2, 0) is 8.98 Å². The molecule has 0 saturated carbocycles. The van der Waals surface area contributed by atoms with Gasteiger partial charge in [-0.2, -0.15) is 13.2 Å². The minimum Gasteiger partial charge on any atom is -0.494 e. The summed E-state index contributed by atoms with van der Waals surface area (Å²) in [4.78, 5) is 13.7. The second kappa shape index (κ2) is 15.6. The fourth-order valence-corrected chi connectivity index (χ4v) is 7.47. The largest absolute Gasteiger partial charge is 0.494 e. The Balaban J connectivity index is 1.69. The molecule has 3 aromatic rings. The summed E-state index contributed by atoms with van der Waals surface area (Å²) in [6.45, 7) is 2.81. The van der Waals surface area contributed by atoms with E-state index < -0.39 is 22.5 Å². The van der Waals surface area contributed by atoms with Crippen LogP contribution < -0.4 is 4.74 Å². The molecule has 0 bridgehead atoms. The zero-order valence-corrected chi connectivity index (χ0v) is 23.4. The molecule has 0 N–H and O–H groups in total. The van der Waals surface area contributed by atoms with Crippen molar-refractivity contribution < 1.29 is 26.9 Å². The molecule has 0 heterocycles. The fourth-order valence-electron chi connectivity index (χ4n) is 4.44. The van der Waals surface area contributed by atoms with E-state index in [1.807, 2.05) is 0 Å². The lowest BCUT2D eigenvalue weighted by Crippen LogP contribution is -2.27. The summed E-state index contributed by atoms with van der Waals surface area (Å²) < 4.78 is 51.7. The van der Waals surface area contributed by atoms with E-state index in [2.05, 4.69) is 6.92 Å². The van der Waals surface area contributed by atoms with Crippen molar-refractivity contribution in [3.63, 3.8) is 0 Å². The highest BCUT2D eigenvalue weighted by Gasteiger charge is 2.47. The van der Waals surface area contributed by atoms with E-state index in [0.717, 1.165) is 12.8 Å². The first kappa shape index (κ1) is 30.6. The van der Waals surface area contributed by atoms with Gasteiger partial charge in [-0.1, -0.05) is 101 Å². The molecular weight excluding hydrogens is 521 g/mol. The Kier molecular flexibility index (Phi) is 12.2. The summed E-state index contributed by atoms with van der Waals surface area (Å²) in [7, 11) is -3.00. The van der Waals surface area contributed by atoms with Crippen LogP contribution in [0.15, 0.2) is 99.6 Å². The van der Waals surface area contributed by atoms with Crippen molar-refractivity contribution in [1.82, 2.24) is 0 Å². The summed E-state index contributed by atoms with van der Waals surface area (Å²) in [6, 6.07) is 24.1. The molecule has 0 aliphatic carbocycles. The zero-order valence-electron chi connectivity index (χ0n) is 22.6. The number of hydrogen-bond acceptors (Lipinski definition) is 3. The van der Waals surface area contributed by atoms with Gasteiger partial charge in [0.15, 0.2) is 0 Å². The molecule has 0 fully saturated rings. The Hall–Kier alpha value is -2.93. The van der Waals surface area contributed by atoms with Gasteiger partial charge in [0.25, 0.3) is 0 Å². The molecule has 0 aliphatic rings. The first-order chi connectivity index (χ1) is 18.9. The molecule has 0 saturated heterocycles. The van der Waals surface area contributed by atoms with Crippen LogP contribution in [0, 0.1) is 0 Å². The molecule has 3 rings (SSSR count). The second-order valence-corrected chi connectivity index (χ2v) is 12.2. The van der Waals surface area contributed by atoms with Gasteiger partial charge in [-0.25, -0.2) is 4.79 Å². The minimum absolute atomic E-state index is 0.476. The maximum absolute atomic E-state index is 13.4. The molecule has 0 radical (unpaired) electrons. The Morgan fingerprint density at radius 1 is 0.641 bits per heavy atom. The molecule has 3 aromatic carbocycles. The van der Waals surface area contributed by atoms with Gasteiger partial charge in [0.2, 0.25) is 0 Å². The lowest BCUT2D eigenvalue weighted by atomic mass is 10.1. The van der Waals surface area contributed by atoms with E-state index in [4.69, 9.17) is 8.92 Å². The number of benzene rings is 3. The Bertz CT molecular complexity index is 1060. The summed E-state index contributed by atoms with van der Waals surface area (Å²) in [5, 5.41) is 0. The molecule has 0 atom stereocenters. The van der Waals surface area contributed by atoms with Crippen molar-refractivity contribution in [3.05, 3.63) is 84.9 Å². The summed E-state index contributed by atoms with van der Waals surface area (Å²) in [5.74, 6) is -1.59. The maximum atomic E-state index is 13.4. The monoisotopic (exact) mass is 560 g/mol. The first-order valence-electron chi connectivity index (χ1n) is 13.8. The number of ether oxygens (including phenoxy) is 1. The second-order valence-electron chi connectivity index (χ2n) is 9.55. The smallest absolute Gasteiger partial charge is 0.491 e. The molecule has 0 unspecified atom stereocenters. The Morgan fingerprint density at radius 3 is 1.54 bits per heavy atom.